The van der Waals surface area contributed by atoms with Crippen LogP contribution in [0, 0.1) is 6.92 Å². The van der Waals surface area contributed by atoms with E-state index < -0.39 is 0 Å². The van der Waals surface area contributed by atoms with Crippen molar-refractivity contribution in [3.8, 4) is 0 Å². The molecule has 4 rings (SSSR count). The SMILES string of the molecule is Cc1[nH]c2ccccc2c1C(=O)CN1CCN(CC(=O)N2CCCCC2C)CC1. The fraction of sp³-hybridized carbons (Fsp3) is 0.565. The fourth-order valence-electron chi connectivity index (χ4n) is 4.77. The van der Waals surface area contributed by atoms with Crippen molar-refractivity contribution in [3.05, 3.63) is 35.5 Å². The maximum Gasteiger partial charge on any atom is 0.236 e. The molecule has 2 aromatic rings. The van der Waals surface area contributed by atoms with Crippen LogP contribution >= 0.6 is 0 Å². The third-order valence-electron chi connectivity index (χ3n) is 6.49. The van der Waals surface area contributed by atoms with Crippen LogP contribution in [0.3, 0.4) is 0 Å². The summed E-state index contributed by atoms with van der Waals surface area (Å²) >= 11 is 0. The number of piperazine rings is 1. The first kappa shape index (κ1) is 20.1. The van der Waals surface area contributed by atoms with E-state index in [1.807, 2.05) is 31.2 Å². The minimum absolute atomic E-state index is 0.173. The highest BCUT2D eigenvalue weighted by Crippen LogP contribution is 2.23. The molecule has 2 fully saturated rings. The number of benzene rings is 1. The van der Waals surface area contributed by atoms with E-state index in [1.54, 1.807) is 0 Å². The Morgan fingerprint density at radius 1 is 1.00 bits per heavy atom. The zero-order chi connectivity index (χ0) is 20.4. The molecule has 2 aliphatic heterocycles. The first-order valence-corrected chi connectivity index (χ1v) is 10.9. The van der Waals surface area contributed by atoms with Crippen LogP contribution in [-0.4, -0.2) is 83.2 Å². The predicted octanol–water partition coefficient (Wildman–Crippen LogP) is 2.68. The quantitative estimate of drug-likeness (QED) is 0.790. The predicted molar refractivity (Wildman–Crippen MR) is 115 cm³/mol. The normalized spacial score (nSPS) is 21.6. The number of ketones is 1. The number of piperidine rings is 1. The average Bonchev–Trinajstić information content (AvgIpc) is 3.05. The number of nitrogens with zero attached hydrogens (tertiary/aromatic N) is 3. The van der Waals surface area contributed by atoms with E-state index in [2.05, 4.69) is 26.6 Å². The van der Waals surface area contributed by atoms with E-state index in [1.165, 1.54) is 6.42 Å². The van der Waals surface area contributed by atoms with Crippen LogP contribution in [0.15, 0.2) is 24.3 Å². The lowest BCUT2D eigenvalue weighted by Gasteiger charge is -2.37. The number of likely N-dealkylation sites (tertiary alicyclic amines) is 1. The van der Waals surface area contributed by atoms with Gasteiger partial charge in [-0.3, -0.25) is 19.4 Å². The Morgan fingerprint density at radius 3 is 2.41 bits per heavy atom. The lowest BCUT2D eigenvalue weighted by molar-refractivity contribution is -0.136. The molecule has 0 aliphatic carbocycles. The number of carbonyl (C=O) groups is 2. The van der Waals surface area contributed by atoms with E-state index >= 15 is 0 Å². The van der Waals surface area contributed by atoms with Gasteiger partial charge in [-0.1, -0.05) is 18.2 Å². The van der Waals surface area contributed by atoms with Gasteiger partial charge in [0.15, 0.2) is 5.78 Å². The van der Waals surface area contributed by atoms with E-state index in [0.717, 1.165) is 67.7 Å². The van der Waals surface area contributed by atoms with Crippen LogP contribution < -0.4 is 0 Å². The first-order chi connectivity index (χ1) is 14.0. The molecule has 0 radical (unpaired) electrons. The number of amides is 1. The number of hydrogen-bond acceptors (Lipinski definition) is 4. The van der Waals surface area contributed by atoms with Crippen molar-refractivity contribution in [2.24, 2.45) is 0 Å². The van der Waals surface area contributed by atoms with Crippen LogP contribution in [0.4, 0.5) is 0 Å². The molecular weight excluding hydrogens is 364 g/mol. The number of aromatic nitrogens is 1. The van der Waals surface area contributed by atoms with Gasteiger partial charge < -0.3 is 9.88 Å². The van der Waals surface area contributed by atoms with Crippen LogP contribution in [-0.2, 0) is 4.79 Å². The monoisotopic (exact) mass is 396 g/mol. The summed E-state index contributed by atoms with van der Waals surface area (Å²) in [6.07, 6.45) is 3.47. The lowest BCUT2D eigenvalue weighted by atomic mass is 10.0. The second-order valence-electron chi connectivity index (χ2n) is 8.58. The number of carbonyl (C=O) groups excluding carboxylic acids is 2. The summed E-state index contributed by atoms with van der Waals surface area (Å²) in [7, 11) is 0. The van der Waals surface area contributed by atoms with Crippen LogP contribution in [0.5, 0.6) is 0 Å². The molecule has 2 aliphatic rings. The second-order valence-corrected chi connectivity index (χ2v) is 8.58. The molecule has 0 saturated carbocycles. The number of rotatable bonds is 5. The number of H-pyrrole nitrogens is 1. The van der Waals surface area contributed by atoms with E-state index in [0.29, 0.717) is 19.1 Å². The Labute approximate surface area is 172 Å². The van der Waals surface area contributed by atoms with Crippen molar-refractivity contribution in [3.63, 3.8) is 0 Å². The molecule has 156 valence electrons. The van der Waals surface area contributed by atoms with Gasteiger partial charge in [-0.25, -0.2) is 0 Å². The van der Waals surface area contributed by atoms with Gasteiger partial charge in [0.25, 0.3) is 0 Å². The summed E-state index contributed by atoms with van der Waals surface area (Å²) in [6.45, 7) is 9.32. The highest BCUT2D eigenvalue weighted by molar-refractivity contribution is 6.10. The fourth-order valence-corrected chi connectivity index (χ4v) is 4.77. The number of para-hydroxylation sites is 1. The number of aryl methyl sites for hydroxylation is 1. The molecule has 3 heterocycles. The van der Waals surface area contributed by atoms with Crippen molar-refractivity contribution in [1.82, 2.24) is 19.7 Å². The van der Waals surface area contributed by atoms with Gasteiger partial charge in [0.2, 0.25) is 5.91 Å². The molecule has 1 aromatic carbocycles. The second kappa shape index (κ2) is 8.67. The zero-order valence-electron chi connectivity index (χ0n) is 17.6. The number of nitrogens with one attached hydrogen (secondary N) is 1. The number of fused-ring (bicyclic) bond motifs is 1. The Morgan fingerprint density at radius 2 is 1.69 bits per heavy atom. The molecule has 1 amide bonds. The smallest absolute Gasteiger partial charge is 0.236 e. The van der Waals surface area contributed by atoms with Crippen molar-refractivity contribution < 1.29 is 9.59 Å². The Kier molecular flexibility index (Phi) is 6.01. The Bertz CT molecular complexity index is 882. The molecule has 6 nitrogen and oxygen atoms in total. The average molecular weight is 397 g/mol. The Balaban J connectivity index is 1.30. The molecule has 2 saturated heterocycles. The topological polar surface area (TPSA) is 59.7 Å². The largest absolute Gasteiger partial charge is 0.358 e. The van der Waals surface area contributed by atoms with Gasteiger partial charge in [0.05, 0.1) is 13.1 Å². The van der Waals surface area contributed by atoms with E-state index in [9.17, 15) is 9.59 Å². The van der Waals surface area contributed by atoms with Gasteiger partial charge in [0, 0.05) is 60.9 Å². The van der Waals surface area contributed by atoms with E-state index in [4.69, 9.17) is 0 Å². The number of hydrogen-bond donors (Lipinski definition) is 1. The highest BCUT2D eigenvalue weighted by atomic mass is 16.2. The summed E-state index contributed by atoms with van der Waals surface area (Å²) in [6, 6.07) is 8.35. The summed E-state index contributed by atoms with van der Waals surface area (Å²) in [5, 5.41) is 1.01. The molecule has 1 aromatic heterocycles. The summed E-state index contributed by atoms with van der Waals surface area (Å²) < 4.78 is 0. The number of Topliss-reactive ketones (excluding diaryl/α,β-unsaturated/α-hetero) is 1. The lowest BCUT2D eigenvalue weighted by Crippen LogP contribution is -2.52. The van der Waals surface area contributed by atoms with Gasteiger partial charge in [-0.05, 0) is 39.2 Å². The molecule has 6 heteroatoms. The molecule has 0 bridgehead atoms. The minimum Gasteiger partial charge on any atom is -0.358 e. The van der Waals surface area contributed by atoms with E-state index in [-0.39, 0.29) is 11.7 Å². The Hall–Kier alpha value is -2.18. The molecule has 1 N–H and O–H groups in total. The maximum absolute atomic E-state index is 13.0. The molecule has 1 atom stereocenters. The summed E-state index contributed by atoms with van der Waals surface area (Å²) in [4.78, 5) is 35.5. The molecule has 29 heavy (non-hydrogen) atoms. The minimum atomic E-state index is 0.173. The molecular formula is C23H32N4O2. The first-order valence-electron chi connectivity index (χ1n) is 10.9. The van der Waals surface area contributed by atoms with Gasteiger partial charge in [-0.15, -0.1) is 0 Å². The van der Waals surface area contributed by atoms with Crippen LogP contribution in [0.1, 0.15) is 42.2 Å². The zero-order valence-corrected chi connectivity index (χ0v) is 17.6. The summed E-state index contributed by atoms with van der Waals surface area (Å²) in [5.41, 5.74) is 2.78. The van der Waals surface area contributed by atoms with Crippen molar-refractivity contribution in [2.45, 2.75) is 39.2 Å². The number of aromatic amines is 1. The van der Waals surface area contributed by atoms with Gasteiger partial charge in [-0.2, -0.15) is 0 Å². The van der Waals surface area contributed by atoms with Crippen LogP contribution in [0.25, 0.3) is 10.9 Å². The maximum atomic E-state index is 13.0. The third kappa shape index (κ3) is 4.38. The van der Waals surface area contributed by atoms with Crippen molar-refractivity contribution in [2.75, 3.05) is 45.8 Å². The molecule has 1 unspecified atom stereocenters. The van der Waals surface area contributed by atoms with Crippen molar-refractivity contribution in [1.29, 1.82) is 0 Å². The highest BCUT2D eigenvalue weighted by Gasteiger charge is 2.27. The third-order valence-corrected chi connectivity index (χ3v) is 6.49. The van der Waals surface area contributed by atoms with Crippen LogP contribution in [0.2, 0.25) is 0 Å². The van der Waals surface area contributed by atoms with Crippen molar-refractivity contribution >= 4 is 22.6 Å². The summed E-state index contributed by atoms with van der Waals surface area (Å²) in [5.74, 6) is 0.433. The van der Waals surface area contributed by atoms with Gasteiger partial charge in [0.1, 0.15) is 0 Å². The standard InChI is InChI=1S/C23H32N4O2/c1-17-7-5-6-10-27(17)22(29)16-26-13-11-25(12-14-26)15-21(28)23-18(2)24-20-9-4-3-8-19(20)23/h3-4,8-9,17,24H,5-7,10-16H2,1-2H3. The van der Waals surface area contributed by atoms with Gasteiger partial charge >= 0.3 is 0 Å². The molecule has 0 spiro atoms.